The van der Waals surface area contributed by atoms with Gasteiger partial charge in [-0.15, -0.1) is 11.3 Å². The molecule has 10 heteroatoms. The fraction of sp³-hybridized carbons (Fsp3) is 0.435. The Morgan fingerprint density at radius 1 is 1.12 bits per heavy atom. The summed E-state index contributed by atoms with van der Waals surface area (Å²) in [4.78, 5) is 13.6. The number of nitrogens with two attached hydrogens (primary N) is 1. The summed E-state index contributed by atoms with van der Waals surface area (Å²) in [5.74, 6) is -0.551. The number of hydrogen-bond donors (Lipinski definition) is 2. The van der Waals surface area contributed by atoms with Crippen LogP contribution in [0, 0.1) is 5.82 Å². The Morgan fingerprint density at radius 2 is 1.85 bits per heavy atom. The molecule has 0 radical (unpaired) electrons. The Labute approximate surface area is 197 Å². The van der Waals surface area contributed by atoms with Crippen molar-refractivity contribution in [3.05, 3.63) is 41.3 Å². The number of nitrogen functional groups attached to an aromatic ring is 1. The number of nitrogens with one attached hydrogen (secondary N) is 1. The van der Waals surface area contributed by atoms with E-state index in [1.807, 2.05) is 20.8 Å². The molecule has 33 heavy (non-hydrogen) atoms. The van der Waals surface area contributed by atoms with Crippen molar-refractivity contribution in [2.24, 2.45) is 0 Å². The van der Waals surface area contributed by atoms with Crippen molar-refractivity contribution in [2.45, 2.75) is 63.5 Å². The van der Waals surface area contributed by atoms with E-state index < -0.39 is 21.1 Å². The Balaban J connectivity index is 1.79. The molecule has 0 bridgehead atoms. The molecule has 0 saturated heterocycles. The fourth-order valence-electron chi connectivity index (χ4n) is 3.90. The van der Waals surface area contributed by atoms with Gasteiger partial charge in [0, 0.05) is 17.2 Å². The third-order valence-corrected chi connectivity index (χ3v) is 9.03. The van der Waals surface area contributed by atoms with Crippen LogP contribution in [0.25, 0.3) is 21.8 Å². The monoisotopic (exact) mass is 489 g/mol. The molecule has 2 aromatic heterocycles. The molecule has 0 unspecified atom stereocenters. The average molecular weight is 490 g/mol. The van der Waals surface area contributed by atoms with E-state index in [4.69, 9.17) is 10.7 Å². The molecule has 1 aliphatic carbocycles. The van der Waals surface area contributed by atoms with E-state index in [9.17, 15) is 8.42 Å². The smallest absolute Gasteiger partial charge is 0.235 e. The zero-order chi connectivity index (χ0) is 23.8. The van der Waals surface area contributed by atoms with Gasteiger partial charge in [-0.2, -0.15) is 0 Å². The lowest BCUT2D eigenvalue weighted by Gasteiger charge is -2.22. The van der Waals surface area contributed by atoms with Gasteiger partial charge < -0.3 is 5.73 Å². The first-order chi connectivity index (χ1) is 15.6. The quantitative estimate of drug-likeness (QED) is 0.499. The lowest BCUT2D eigenvalue weighted by atomic mass is 9.98. The zero-order valence-corrected chi connectivity index (χ0v) is 20.6. The minimum atomic E-state index is -3.69. The van der Waals surface area contributed by atoms with E-state index in [2.05, 4.69) is 14.7 Å². The van der Waals surface area contributed by atoms with E-state index in [0.717, 1.165) is 24.3 Å². The van der Waals surface area contributed by atoms with Gasteiger partial charge in [0.25, 0.3) is 0 Å². The minimum Gasteiger partial charge on any atom is -0.368 e. The summed E-state index contributed by atoms with van der Waals surface area (Å²) in [6.45, 7) is 6.08. The van der Waals surface area contributed by atoms with Gasteiger partial charge in [-0.3, -0.25) is 4.72 Å². The van der Waals surface area contributed by atoms with E-state index in [1.54, 1.807) is 24.4 Å². The maximum absolute atomic E-state index is 15.7. The van der Waals surface area contributed by atoms with Crippen LogP contribution >= 0.6 is 11.3 Å². The average Bonchev–Trinajstić information content (AvgIpc) is 3.22. The second-order valence-corrected chi connectivity index (χ2v) is 12.3. The topological polar surface area (TPSA) is 111 Å². The summed E-state index contributed by atoms with van der Waals surface area (Å²) < 4.78 is 44.0. The Kier molecular flexibility index (Phi) is 6.41. The van der Waals surface area contributed by atoms with Gasteiger partial charge in [0.1, 0.15) is 0 Å². The molecule has 1 aliphatic rings. The molecular weight excluding hydrogens is 461 g/mol. The van der Waals surface area contributed by atoms with Crippen molar-refractivity contribution in [3.8, 4) is 21.8 Å². The number of nitrogens with zero attached hydrogens (tertiary/aromatic N) is 3. The fourth-order valence-corrected chi connectivity index (χ4v) is 6.59. The Morgan fingerprint density at radius 3 is 2.52 bits per heavy atom. The summed E-state index contributed by atoms with van der Waals surface area (Å²) in [7, 11) is -3.69. The van der Waals surface area contributed by atoms with Crippen LogP contribution in [0.3, 0.4) is 0 Å². The second-order valence-electron chi connectivity index (χ2n) is 9.32. The Bertz CT molecular complexity index is 1260. The predicted molar refractivity (Wildman–Crippen MR) is 131 cm³/mol. The van der Waals surface area contributed by atoms with Gasteiger partial charge in [-0.1, -0.05) is 46.1 Å². The highest BCUT2D eigenvalue weighted by atomic mass is 32.2. The first-order valence-electron chi connectivity index (χ1n) is 11.0. The second kappa shape index (κ2) is 8.98. The van der Waals surface area contributed by atoms with Gasteiger partial charge in [0.2, 0.25) is 16.0 Å². The van der Waals surface area contributed by atoms with Gasteiger partial charge >= 0.3 is 0 Å². The van der Waals surface area contributed by atoms with Crippen LogP contribution in [0.15, 0.2) is 30.5 Å². The lowest BCUT2D eigenvalue weighted by molar-refractivity contribution is 0.486. The van der Waals surface area contributed by atoms with Crippen molar-refractivity contribution in [2.75, 3.05) is 10.5 Å². The van der Waals surface area contributed by atoms with Gasteiger partial charge in [0.05, 0.1) is 32.2 Å². The molecule has 3 N–H and O–H groups in total. The van der Waals surface area contributed by atoms with Gasteiger partial charge in [-0.25, -0.2) is 27.8 Å². The summed E-state index contributed by atoms with van der Waals surface area (Å²) in [6.07, 6.45) is 5.50. The van der Waals surface area contributed by atoms with E-state index >= 15 is 4.39 Å². The first-order valence-corrected chi connectivity index (χ1v) is 13.3. The maximum atomic E-state index is 15.7. The molecule has 0 spiro atoms. The van der Waals surface area contributed by atoms with Crippen molar-refractivity contribution in [3.63, 3.8) is 0 Å². The molecule has 4 rings (SSSR count). The zero-order valence-electron chi connectivity index (χ0n) is 18.9. The maximum Gasteiger partial charge on any atom is 0.235 e. The molecular formula is C23H28FN5O2S2. The summed E-state index contributed by atoms with van der Waals surface area (Å²) in [5, 5.41) is 0.304. The Hall–Kier alpha value is -2.59. The molecule has 3 aromatic rings. The first kappa shape index (κ1) is 23.6. The number of hydrogen-bond acceptors (Lipinski definition) is 7. The highest BCUT2D eigenvalue weighted by Crippen LogP contribution is 2.42. The predicted octanol–water partition coefficient (Wildman–Crippen LogP) is 5.36. The molecule has 1 aromatic carbocycles. The van der Waals surface area contributed by atoms with Gasteiger partial charge in [0.15, 0.2) is 5.82 Å². The van der Waals surface area contributed by atoms with Crippen LogP contribution in [0.4, 0.5) is 16.0 Å². The van der Waals surface area contributed by atoms with E-state index in [1.165, 1.54) is 17.4 Å². The largest absolute Gasteiger partial charge is 0.368 e. The highest BCUT2D eigenvalue weighted by molar-refractivity contribution is 7.93. The number of halogens is 1. The SMILES string of the molecule is CC(C)(C)c1nc(-c2cccc(NS(=O)(=O)C3CCCCC3)c2F)c(-c2ccnc(N)n2)s1. The number of anilines is 2. The summed E-state index contributed by atoms with van der Waals surface area (Å²) in [6, 6.07) is 6.38. The summed E-state index contributed by atoms with van der Waals surface area (Å²) >= 11 is 1.41. The third-order valence-electron chi connectivity index (χ3n) is 5.67. The summed E-state index contributed by atoms with van der Waals surface area (Å²) in [5.41, 5.74) is 6.59. The number of aromatic nitrogens is 3. The van der Waals surface area contributed by atoms with Crippen LogP contribution in [0.5, 0.6) is 0 Å². The molecule has 0 amide bonds. The number of benzene rings is 1. The highest BCUT2D eigenvalue weighted by Gasteiger charge is 2.30. The van der Waals surface area contributed by atoms with Crippen molar-refractivity contribution < 1.29 is 12.8 Å². The normalized spacial score (nSPS) is 15.5. The number of sulfonamides is 1. The van der Waals surface area contributed by atoms with E-state index in [-0.39, 0.29) is 22.6 Å². The molecule has 1 fully saturated rings. The van der Waals surface area contributed by atoms with Crippen LogP contribution in [0.2, 0.25) is 0 Å². The van der Waals surface area contributed by atoms with E-state index in [0.29, 0.717) is 29.1 Å². The van der Waals surface area contributed by atoms with Crippen LogP contribution < -0.4 is 10.5 Å². The van der Waals surface area contributed by atoms with Crippen molar-refractivity contribution >= 4 is 33.0 Å². The lowest BCUT2D eigenvalue weighted by Crippen LogP contribution is -2.30. The number of thiazole rings is 1. The minimum absolute atomic E-state index is 0.0727. The number of rotatable bonds is 5. The van der Waals surface area contributed by atoms with Gasteiger partial charge in [-0.05, 0) is 31.0 Å². The van der Waals surface area contributed by atoms with Crippen LogP contribution in [-0.4, -0.2) is 28.6 Å². The van der Waals surface area contributed by atoms with Crippen molar-refractivity contribution in [1.29, 1.82) is 0 Å². The standard InChI is InChI=1S/C23H28FN5O2S2/c1-23(2,3)21-28-19(20(32-21)17-12-13-26-22(25)27-17)15-10-7-11-16(18(15)24)29-33(30,31)14-8-5-4-6-9-14/h7,10-14,29H,4-6,8-9H2,1-3H3,(H2,25,26,27). The molecule has 2 heterocycles. The third kappa shape index (κ3) is 5.01. The molecule has 7 nitrogen and oxygen atoms in total. The molecule has 0 atom stereocenters. The molecule has 0 aliphatic heterocycles. The molecule has 1 saturated carbocycles. The van der Waals surface area contributed by atoms with Crippen LogP contribution in [-0.2, 0) is 15.4 Å². The van der Waals surface area contributed by atoms with Crippen LogP contribution in [0.1, 0.15) is 57.9 Å². The molecule has 176 valence electrons. The van der Waals surface area contributed by atoms with Crippen molar-refractivity contribution in [1.82, 2.24) is 15.0 Å².